The second-order valence-corrected chi connectivity index (χ2v) is 7.83. The van der Waals surface area contributed by atoms with E-state index < -0.39 is 0 Å². The first-order chi connectivity index (χ1) is 10.1. The molecule has 0 aliphatic heterocycles. The summed E-state index contributed by atoms with van der Waals surface area (Å²) in [5.41, 5.74) is 1.58. The van der Waals surface area contributed by atoms with Crippen LogP contribution in [-0.2, 0) is 0 Å². The molecule has 0 aromatic heterocycles. The topological polar surface area (TPSA) is 32.6 Å². The smallest absolute Gasteiger partial charge is 0.115 e. The van der Waals surface area contributed by atoms with Crippen molar-refractivity contribution in [2.45, 2.75) is 51.5 Å². The van der Waals surface area contributed by atoms with Crippen molar-refractivity contribution < 1.29 is 5.11 Å². The molecule has 2 heteroatoms. The predicted molar refractivity (Wildman–Crippen MR) is 85.8 cm³/mol. The molecule has 0 spiro atoms. The highest BCUT2D eigenvalue weighted by Crippen LogP contribution is 2.61. The van der Waals surface area contributed by atoms with E-state index in [1.807, 2.05) is 18.3 Å². The van der Waals surface area contributed by atoms with Crippen molar-refractivity contribution in [2.24, 2.45) is 28.2 Å². The molecule has 0 radical (unpaired) electrons. The molecule has 1 unspecified atom stereocenters. The Labute approximate surface area is 127 Å². The molecule has 0 saturated heterocycles. The second-order valence-electron chi connectivity index (χ2n) is 7.83. The maximum atomic E-state index is 9.34. The number of nitrogens with zero attached hydrogens (tertiary/aromatic N) is 1. The molecule has 4 aliphatic rings. The number of hydrogen-bond donors (Lipinski definition) is 1. The van der Waals surface area contributed by atoms with Crippen LogP contribution in [0.25, 0.3) is 0 Å². The fourth-order valence-electron chi connectivity index (χ4n) is 5.61. The molecule has 1 aromatic rings. The third kappa shape index (κ3) is 2.39. The SMILES string of the molecule is CC(N=Cc1ccc(O)cc1)C12CC3CC(CC(C3)C1)C2. The van der Waals surface area contributed by atoms with Gasteiger partial charge in [-0.2, -0.15) is 0 Å². The minimum Gasteiger partial charge on any atom is -0.508 e. The van der Waals surface area contributed by atoms with Crippen molar-refractivity contribution in [3.8, 4) is 5.75 Å². The van der Waals surface area contributed by atoms with Gasteiger partial charge in [0.15, 0.2) is 0 Å². The second kappa shape index (κ2) is 4.86. The van der Waals surface area contributed by atoms with Crippen molar-refractivity contribution in [1.29, 1.82) is 0 Å². The standard InChI is InChI=1S/C19H25NO/c1-13(20-12-14-2-4-18(21)5-3-14)19-9-15-6-16(10-19)8-17(7-15)11-19/h2-5,12-13,15-17,21H,6-11H2,1H3. The van der Waals surface area contributed by atoms with Crippen molar-refractivity contribution >= 4 is 6.21 Å². The van der Waals surface area contributed by atoms with Gasteiger partial charge >= 0.3 is 0 Å². The molecular weight excluding hydrogens is 258 g/mol. The summed E-state index contributed by atoms with van der Waals surface area (Å²) >= 11 is 0. The first kappa shape index (κ1) is 13.4. The van der Waals surface area contributed by atoms with Crippen LogP contribution >= 0.6 is 0 Å². The molecule has 4 fully saturated rings. The van der Waals surface area contributed by atoms with E-state index >= 15 is 0 Å². The summed E-state index contributed by atoms with van der Waals surface area (Å²) < 4.78 is 0. The number of rotatable bonds is 3. The summed E-state index contributed by atoms with van der Waals surface area (Å²) in [6, 6.07) is 7.77. The maximum absolute atomic E-state index is 9.34. The highest BCUT2D eigenvalue weighted by molar-refractivity contribution is 5.79. The largest absolute Gasteiger partial charge is 0.508 e. The minimum atomic E-state index is 0.321. The van der Waals surface area contributed by atoms with Gasteiger partial charge in [-0.05, 0) is 98.4 Å². The molecule has 112 valence electrons. The summed E-state index contributed by atoms with van der Waals surface area (Å²) in [5, 5.41) is 9.34. The van der Waals surface area contributed by atoms with Crippen LogP contribution < -0.4 is 0 Å². The van der Waals surface area contributed by atoms with Crippen molar-refractivity contribution in [3.63, 3.8) is 0 Å². The molecule has 1 aromatic carbocycles. The fraction of sp³-hybridized carbons (Fsp3) is 0.632. The predicted octanol–water partition coefficient (Wildman–Crippen LogP) is 4.42. The van der Waals surface area contributed by atoms with E-state index in [0.29, 0.717) is 17.2 Å². The van der Waals surface area contributed by atoms with Gasteiger partial charge in [-0.3, -0.25) is 4.99 Å². The van der Waals surface area contributed by atoms with Gasteiger partial charge in [0, 0.05) is 6.21 Å². The lowest BCUT2D eigenvalue weighted by Gasteiger charge is -2.58. The highest BCUT2D eigenvalue weighted by atomic mass is 16.3. The first-order valence-electron chi connectivity index (χ1n) is 8.45. The van der Waals surface area contributed by atoms with Crippen LogP contribution in [0.1, 0.15) is 51.0 Å². The van der Waals surface area contributed by atoms with Crippen LogP contribution in [0.3, 0.4) is 0 Å². The van der Waals surface area contributed by atoms with Gasteiger partial charge in [0.05, 0.1) is 6.04 Å². The summed E-state index contributed by atoms with van der Waals surface area (Å²) in [6.45, 7) is 2.32. The van der Waals surface area contributed by atoms with Gasteiger partial charge < -0.3 is 5.11 Å². The van der Waals surface area contributed by atoms with Crippen LogP contribution in [-0.4, -0.2) is 17.4 Å². The van der Waals surface area contributed by atoms with E-state index in [0.717, 1.165) is 23.3 Å². The van der Waals surface area contributed by atoms with Gasteiger partial charge in [-0.25, -0.2) is 0 Å². The Morgan fingerprint density at radius 1 is 1.05 bits per heavy atom. The zero-order valence-electron chi connectivity index (χ0n) is 12.8. The number of phenolic OH excluding ortho intramolecular Hbond substituents is 1. The average molecular weight is 283 g/mol. The molecule has 1 atom stereocenters. The van der Waals surface area contributed by atoms with Crippen molar-refractivity contribution in [3.05, 3.63) is 29.8 Å². The number of hydrogen-bond acceptors (Lipinski definition) is 2. The van der Waals surface area contributed by atoms with E-state index in [1.54, 1.807) is 12.1 Å². The zero-order valence-corrected chi connectivity index (χ0v) is 12.8. The number of benzene rings is 1. The Hall–Kier alpha value is -1.31. The third-order valence-electron chi connectivity index (χ3n) is 6.31. The number of phenols is 1. The van der Waals surface area contributed by atoms with Gasteiger partial charge in [0.2, 0.25) is 0 Å². The van der Waals surface area contributed by atoms with E-state index in [1.165, 1.54) is 38.5 Å². The zero-order chi connectivity index (χ0) is 14.4. The fourth-order valence-corrected chi connectivity index (χ4v) is 5.61. The lowest BCUT2D eigenvalue weighted by Crippen LogP contribution is -2.50. The lowest BCUT2D eigenvalue weighted by molar-refractivity contribution is -0.0632. The lowest BCUT2D eigenvalue weighted by atomic mass is 9.48. The molecule has 4 aliphatic carbocycles. The van der Waals surface area contributed by atoms with Crippen LogP contribution in [0.15, 0.2) is 29.3 Å². The molecule has 0 amide bonds. The van der Waals surface area contributed by atoms with Crippen LogP contribution in [0.2, 0.25) is 0 Å². The normalized spacial score (nSPS) is 39.0. The van der Waals surface area contributed by atoms with E-state index in [4.69, 9.17) is 4.99 Å². The number of aromatic hydroxyl groups is 1. The molecule has 21 heavy (non-hydrogen) atoms. The molecule has 4 saturated carbocycles. The molecule has 4 bridgehead atoms. The maximum Gasteiger partial charge on any atom is 0.115 e. The van der Waals surface area contributed by atoms with E-state index in [-0.39, 0.29) is 0 Å². The monoisotopic (exact) mass is 283 g/mol. The summed E-state index contributed by atoms with van der Waals surface area (Å²) in [4.78, 5) is 4.91. The van der Waals surface area contributed by atoms with Gasteiger partial charge in [0.1, 0.15) is 5.75 Å². The Morgan fingerprint density at radius 2 is 1.57 bits per heavy atom. The minimum absolute atomic E-state index is 0.321. The molecule has 5 rings (SSSR count). The molecule has 1 N–H and O–H groups in total. The first-order valence-corrected chi connectivity index (χ1v) is 8.45. The van der Waals surface area contributed by atoms with Crippen LogP contribution in [0.4, 0.5) is 0 Å². The Kier molecular flexibility index (Phi) is 3.09. The van der Waals surface area contributed by atoms with Gasteiger partial charge in [-0.1, -0.05) is 0 Å². The molecule has 2 nitrogen and oxygen atoms in total. The Balaban J connectivity index is 1.52. The Bertz CT molecular complexity index is 510. The van der Waals surface area contributed by atoms with E-state index in [9.17, 15) is 5.11 Å². The molecular formula is C19H25NO. The quantitative estimate of drug-likeness (QED) is 0.818. The van der Waals surface area contributed by atoms with Crippen LogP contribution in [0, 0.1) is 23.2 Å². The Morgan fingerprint density at radius 3 is 2.10 bits per heavy atom. The number of aliphatic imine (C=N–C) groups is 1. The summed E-state index contributed by atoms with van der Waals surface area (Å²) in [5.74, 6) is 3.29. The summed E-state index contributed by atoms with van der Waals surface area (Å²) in [6.07, 6.45) is 10.7. The van der Waals surface area contributed by atoms with Gasteiger partial charge in [0.25, 0.3) is 0 Å². The van der Waals surface area contributed by atoms with Gasteiger partial charge in [-0.15, -0.1) is 0 Å². The molecule has 0 heterocycles. The third-order valence-corrected chi connectivity index (χ3v) is 6.31. The summed E-state index contributed by atoms with van der Waals surface area (Å²) in [7, 11) is 0. The van der Waals surface area contributed by atoms with Crippen LogP contribution in [0.5, 0.6) is 5.75 Å². The van der Waals surface area contributed by atoms with Crippen molar-refractivity contribution in [2.75, 3.05) is 0 Å². The van der Waals surface area contributed by atoms with E-state index in [2.05, 4.69) is 6.92 Å². The average Bonchev–Trinajstić information content (AvgIpc) is 2.45. The highest BCUT2D eigenvalue weighted by Gasteiger charge is 2.53. The van der Waals surface area contributed by atoms with Crippen molar-refractivity contribution in [1.82, 2.24) is 0 Å².